The molecule has 0 radical (unpaired) electrons. The van der Waals surface area contributed by atoms with E-state index in [0.29, 0.717) is 19.2 Å². The van der Waals surface area contributed by atoms with Crippen LogP contribution in [0.3, 0.4) is 0 Å². The van der Waals surface area contributed by atoms with Gasteiger partial charge in [0.1, 0.15) is 0 Å². The molecule has 0 N–H and O–H groups in total. The van der Waals surface area contributed by atoms with Gasteiger partial charge < -0.3 is 9.47 Å². The van der Waals surface area contributed by atoms with Crippen molar-refractivity contribution in [1.29, 1.82) is 0 Å². The van der Waals surface area contributed by atoms with Crippen molar-refractivity contribution in [3.05, 3.63) is 35.4 Å². The summed E-state index contributed by atoms with van der Waals surface area (Å²) < 4.78 is 37.7. The molecule has 2 fully saturated rings. The van der Waals surface area contributed by atoms with E-state index in [0.717, 1.165) is 24.9 Å². The van der Waals surface area contributed by atoms with Gasteiger partial charge in [-0.25, -0.2) is 8.78 Å². The van der Waals surface area contributed by atoms with E-state index < -0.39 is 11.6 Å². The van der Waals surface area contributed by atoms with Crippen LogP contribution in [-0.2, 0) is 16.0 Å². The van der Waals surface area contributed by atoms with Gasteiger partial charge in [0, 0.05) is 26.2 Å². The Kier molecular flexibility index (Phi) is 4.01. The number of benzene rings is 1. The van der Waals surface area contributed by atoms with Crippen LogP contribution in [0.1, 0.15) is 18.4 Å². The second-order valence-corrected chi connectivity index (χ2v) is 5.47. The Balaban J connectivity index is 1.76. The van der Waals surface area contributed by atoms with Gasteiger partial charge in [-0.3, -0.25) is 4.90 Å². The van der Waals surface area contributed by atoms with Gasteiger partial charge in [0.05, 0.1) is 18.8 Å². The first-order valence-corrected chi connectivity index (χ1v) is 7.01. The molecule has 3 nitrogen and oxygen atoms in total. The molecule has 2 aliphatic rings. The summed E-state index contributed by atoms with van der Waals surface area (Å²) in [7, 11) is 1.71. The normalized spacial score (nSPS) is 30.4. The summed E-state index contributed by atoms with van der Waals surface area (Å²) in [5.74, 6) is -1.59. The van der Waals surface area contributed by atoms with Crippen LogP contribution in [-0.4, -0.2) is 43.4 Å². The highest BCUT2D eigenvalue weighted by molar-refractivity contribution is 5.18. The third kappa shape index (κ3) is 2.57. The molecule has 1 heterocycles. The molecule has 3 atom stereocenters. The molecule has 110 valence electrons. The molecule has 1 aliphatic heterocycles. The van der Waals surface area contributed by atoms with E-state index in [1.165, 1.54) is 12.1 Å². The van der Waals surface area contributed by atoms with E-state index in [9.17, 15) is 8.78 Å². The maximum Gasteiger partial charge on any atom is 0.159 e. The zero-order chi connectivity index (χ0) is 14.1. The second kappa shape index (κ2) is 5.76. The van der Waals surface area contributed by atoms with Crippen molar-refractivity contribution in [3.8, 4) is 0 Å². The van der Waals surface area contributed by atoms with Gasteiger partial charge in [-0.05, 0) is 30.5 Å². The summed E-state index contributed by atoms with van der Waals surface area (Å²) in [6, 6.07) is 4.39. The van der Waals surface area contributed by atoms with Crippen molar-refractivity contribution < 1.29 is 18.3 Å². The minimum Gasteiger partial charge on any atom is -0.377 e. The Bertz CT molecular complexity index is 483. The minimum atomic E-state index is -0.802. The Labute approximate surface area is 117 Å². The lowest BCUT2D eigenvalue weighted by atomic mass is 10.1. The number of rotatable bonds is 3. The highest BCUT2D eigenvalue weighted by atomic mass is 19.2. The largest absolute Gasteiger partial charge is 0.377 e. The average Bonchev–Trinajstić information content (AvgIpc) is 2.75. The van der Waals surface area contributed by atoms with E-state index in [1.54, 1.807) is 13.2 Å². The summed E-state index contributed by atoms with van der Waals surface area (Å²) in [5.41, 5.74) is 0.782. The van der Waals surface area contributed by atoms with Crippen molar-refractivity contribution >= 4 is 0 Å². The van der Waals surface area contributed by atoms with Gasteiger partial charge in [-0.1, -0.05) is 6.07 Å². The predicted octanol–water partition coefficient (Wildman–Crippen LogP) is 2.34. The van der Waals surface area contributed by atoms with Crippen molar-refractivity contribution in [2.24, 2.45) is 0 Å². The third-order valence-corrected chi connectivity index (χ3v) is 4.31. The van der Waals surface area contributed by atoms with E-state index in [1.807, 2.05) is 0 Å². The highest BCUT2D eigenvalue weighted by Crippen LogP contribution is 2.32. The van der Waals surface area contributed by atoms with Gasteiger partial charge >= 0.3 is 0 Å². The first-order chi connectivity index (χ1) is 9.69. The van der Waals surface area contributed by atoms with Gasteiger partial charge in [0.25, 0.3) is 0 Å². The molecule has 2 bridgehead atoms. The number of fused-ring (bicyclic) bond motifs is 2. The van der Waals surface area contributed by atoms with Crippen LogP contribution in [0.4, 0.5) is 8.78 Å². The SMILES string of the molecule is COC1C2CCC1N(Cc1ccc(F)c(F)c1)CCO2. The molecular formula is C15H19F2NO2. The summed E-state index contributed by atoms with van der Waals surface area (Å²) in [4.78, 5) is 2.26. The molecule has 0 spiro atoms. The number of nitrogens with zero attached hydrogens (tertiary/aromatic N) is 1. The molecule has 3 rings (SSSR count). The zero-order valence-corrected chi connectivity index (χ0v) is 11.5. The fourth-order valence-corrected chi connectivity index (χ4v) is 3.34. The van der Waals surface area contributed by atoms with Crippen LogP contribution in [0.15, 0.2) is 18.2 Å². The molecule has 20 heavy (non-hydrogen) atoms. The van der Waals surface area contributed by atoms with Crippen LogP contribution in [0, 0.1) is 11.6 Å². The molecule has 1 aromatic rings. The van der Waals surface area contributed by atoms with Crippen LogP contribution < -0.4 is 0 Å². The smallest absolute Gasteiger partial charge is 0.159 e. The first kappa shape index (κ1) is 13.9. The Hall–Kier alpha value is -1.04. The van der Waals surface area contributed by atoms with Crippen LogP contribution in [0.2, 0.25) is 0 Å². The molecule has 1 saturated carbocycles. The van der Waals surface area contributed by atoms with Gasteiger partial charge in [0.15, 0.2) is 11.6 Å². The lowest BCUT2D eigenvalue weighted by molar-refractivity contribution is -0.0326. The van der Waals surface area contributed by atoms with E-state index >= 15 is 0 Å². The summed E-state index contributed by atoms with van der Waals surface area (Å²) in [6.07, 6.45) is 2.26. The Morgan fingerprint density at radius 2 is 2.15 bits per heavy atom. The van der Waals surface area contributed by atoms with Crippen LogP contribution in [0.5, 0.6) is 0 Å². The van der Waals surface area contributed by atoms with E-state index in [4.69, 9.17) is 9.47 Å². The average molecular weight is 283 g/mol. The number of hydrogen-bond acceptors (Lipinski definition) is 3. The maximum atomic E-state index is 13.3. The topological polar surface area (TPSA) is 21.7 Å². The molecule has 1 aliphatic carbocycles. The van der Waals surface area contributed by atoms with Gasteiger partial charge in [-0.15, -0.1) is 0 Å². The minimum absolute atomic E-state index is 0.0720. The molecule has 0 aromatic heterocycles. The Morgan fingerprint density at radius 3 is 2.90 bits per heavy atom. The Morgan fingerprint density at radius 1 is 1.30 bits per heavy atom. The molecule has 1 aromatic carbocycles. The molecular weight excluding hydrogens is 264 g/mol. The summed E-state index contributed by atoms with van der Waals surface area (Å²) in [5, 5.41) is 0. The number of ether oxygens (including phenoxy) is 2. The second-order valence-electron chi connectivity index (χ2n) is 5.47. The highest BCUT2D eigenvalue weighted by Gasteiger charge is 2.42. The van der Waals surface area contributed by atoms with Crippen LogP contribution in [0.25, 0.3) is 0 Å². The molecule has 5 heteroatoms. The number of hydrogen-bond donors (Lipinski definition) is 0. The maximum absolute atomic E-state index is 13.3. The van der Waals surface area contributed by atoms with Crippen molar-refractivity contribution in [2.75, 3.05) is 20.3 Å². The fraction of sp³-hybridized carbons (Fsp3) is 0.600. The van der Waals surface area contributed by atoms with Crippen molar-refractivity contribution in [1.82, 2.24) is 4.90 Å². The van der Waals surface area contributed by atoms with Gasteiger partial charge in [-0.2, -0.15) is 0 Å². The third-order valence-electron chi connectivity index (χ3n) is 4.31. The van der Waals surface area contributed by atoms with Crippen LogP contribution >= 0.6 is 0 Å². The molecule has 0 amide bonds. The zero-order valence-electron chi connectivity index (χ0n) is 11.5. The fourth-order valence-electron chi connectivity index (χ4n) is 3.34. The van der Waals surface area contributed by atoms with Crippen molar-refractivity contribution in [3.63, 3.8) is 0 Å². The van der Waals surface area contributed by atoms with Crippen molar-refractivity contribution in [2.45, 2.75) is 37.6 Å². The monoisotopic (exact) mass is 283 g/mol. The first-order valence-electron chi connectivity index (χ1n) is 7.01. The lowest BCUT2D eigenvalue weighted by Crippen LogP contribution is -2.42. The van der Waals surface area contributed by atoms with E-state index in [-0.39, 0.29) is 12.2 Å². The lowest BCUT2D eigenvalue weighted by Gasteiger charge is -2.30. The predicted molar refractivity (Wildman–Crippen MR) is 70.3 cm³/mol. The number of halogens is 2. The van der Waals surface area contributed by atoms with Gasteiger partial charge in [0.2, 0.25) is 0 Å². The van der Waals surface area contributed by atoms with E-state index in [2.05, 4.69) is 4.90 Å². The standard InChI is InChI=1S/C15H19F2NO2/c1-19-15-13-4-5-14(15)20-7-6-18(13)9-10-2-3-11(16)12(17)8-10/h2-3,8,13-15H,4-7,9H2,1H3. The quantitative estimate of drug-likeness (QED) is 0.850. The summed E-state index contributed by atoms with van der Waals surface area (Å²) in [6.45, 7) is 2.04. The molecule has 3 unspecified atom stereocenters. The molecule has 1 saturated heterocycles. The summed E-state index contributed by atoms with van der Waals surface area (Å²) >= 11 is 0. The number of methoxy groups -OCH3 is 1.